The summed E-state index contributed by atoms with van der Waals surface area (Å²) in [4.78, 5) is 3.53. The number of aromatic amines is 1. The fraction of sp³-hybridized carbons (Fsp3) is 0.333. The third kappa shape index (κ3) is 4.06. The molecule has 7 nitrogen and oxygen atoms in total. The van der Waals surface area contributed by atoms with Crippen LogP contribution >= 0.6 is 0 Å². The molecule has 0 saturated carbocycles. The van der Waals surface area contributed by atoms with Crippen LogP contribution in [0, 0.1) is 5.82 Å². The molecule has 0 bridgehead atoms. The Kier molecular flexibility index (Phi) is 4.99. The van der Waals surface area contributed by atoms with Crippen LogP contribution in [0.1, 0.15) is 11.4 Å². The number of nitrogens with zero attached hydrogens (tertiary/aromatic N) is 2. The Labute approximate surface area is 122 Å². The van der Waals surface area contributed by atoms with Gasteiger partial charge >= 0.3 is 0 Å². The van der Waals surface area contributed by atoms with Gasteiger partial charge in [0, 0.05) is 19.5 Å². The number of hydrogen-bond donors (Lipinski definition) is 3. The van der Waals surface area contributed by atoms with Gasteiger partial charge in [-0.15, -0.1) is 0 Å². The number of halogens is 1. The second-order valence-corrected chi connectivity index (χ2v) is 6.11. The third-order valence-corrected chi connectivity index (χ3v) is 4.26. The van der Waals surface area contributed by atoms with Crippen molar-refractivity contribution < 1.29 is 12.8 Å². The van der Waals surface area contributed by atoms with E-state index in [0.717, 1.165) is 6.07 Å². The van der Waals surface area contributed by atoms with Gasteiger partial charge in [0.1, 0.15) is 22.9 Å². The molecule has 0 radical (unpaired) electrons. The summed E-state index contributed by atoms with van der Waals surface area (Å²) in [6.45, 7) is 0.564. The molecule has 9 heteroatoms. The number of H-pyrrole nitrogens is 1. The van der Waals surface area contributed by atoms with E-state index in [1.54, 1.807) is 13.1 Å². The van der Waals surface area contributed by atoms with E-state index in [-0.39, 0.29) is 11.4 Å². The number of sulfonamides is 1. The number of hydrogen-bond acceptors (Lipinski definition) is 5. The first kappa shape index (κ1) is 15.5. The highest BCUT2D eigenvalue weighted by atomic mass is 32.2. The minimum absolute atomic E-state index is 0.104. The molecule has 0 spiro atoms. The van der Waals surface area contributed by atoms with E-state index < -0.39 is 15.8 Å². The van der Waals surface area contributed by atoms with E-state index in [2.05, 4.69) is 25.2 Å². The monoisotopic (exact) mass is 313 g/mol. The first-order valence-corrected chi connectivity index (χ1v) is 7.78. The molecule has 1 aromatic heterocycles. The molecule has 0 aliphatic heterocycles. The molecule has 0 fully saturated rings. The van der Waals surface area contributed by atoms with Crippen LogP contribution in [-0.2, 0) is 23.0 Å². The standard InChI is InChI=1S/C12H16FN5O2S/c1-14-7-9-2-3-10(13)11(6-9)21(19,20)17-5-4-12-15-8-16-18-12/h2-3,6,8,14,17H,4-5,7H2,1H3,(H,15,16,18). The van der Waals surface area contributed by atoms with Gasteiger partial charge in [0.25, 0.3) is 0 Å². The van der Waals surface area contributed by atoms with Crippen molar-refractivity contribution in [3.63, 3.8) is 0 Å². The van der Waals surface area contributed by atoms with Crippen LogP contribution in [0.25, 0.3) is 0 Å². The van der Waals surface area contributed by atoms with Crippen LogP contribution in [-0.4, -0.2) is 37.2 Å². The Balaban J connectivity index is 2.09. The lowest BCUT2D eigenvalue weighted by Crippen LogP contribution is -2.27. The summed E-state index contributed by atoms with van der Waals surface area (Å²) >= 11 is 0. The van der Waals surface area contributed by atoms with Crippen LogP contribution in [0.15, 0.2) is 29.4 Å². The predicted molar refractivity (Wildman–Crippen MR) is 74.4 cm³/mol. The van der Waals surface area contributed by atoms with Gasteiger partial charge in [-0.3, -0.25) is 5.10 Å². The van der Waals surface area contributed by atoms with E-state index in [1.165, 1.54) is 12.4 Å². The van der Waals surface area contributed by atoms with Gasteiger partial charge in [0.2, 0.25) is 10.0 Å². The lowest BCUT2D eigenvalue weighted by Gasteiger charge is -2.09. The van der Waals surface area contributed by atoms with Crippen molar-refractivity contribution in [3.05, 3.63) is 41.7 Å². The highest BCUT2D eigenvalue weighted by Gasteiger charge is 2.19. The van der Waals surface area contributed by atoms with Gasteiger partial charge in [-0.25, -0.2) is 22.5 Å². The molecule has 0 aliphatic rings. The summed E-state index contributed by atoms with van der Waals surface area (Å²) in [5, 5.41) is 9.17. The smallest absolute Gasteiger partial charge is 0.243 e. The van der Waals surface area contributed by atoms with Gasteiger partial charge < -0.3 is 5.32 Å². The Morgan fingerprint density at radius 3 is 2.86 bits per heavy atom. The SMILES string of the molecule is CNCc1ccc(F)c(S(=O)(=O)NCCc2ncn[nH]2)c1. The molecule has 0 amide bonds. The predicted octanol–water partition coefficient (Wildman–Crippen LogP) is 0.184. The number of aromatic nitrogens is 3. The summed E-state index contributed by atoms with van der Waals surface area (Å²) in [6.07, 6.45) is 1.68. The summed E-state index contributed by atoms with van der Waals surface area (Å²) in [5.74, 6) is -0.218. The van der Waals surface area contributed by atoms with Gasteiger partial charge in [0.05, 0.1) is 0 Å². The molecule has 114 valence electrons. The second kappa shape index (κ2) is 6.74. The maximum absolute atomic E-state index is 13.7. The first-order chi connectivity index (χ1) is 10.0. The van der Waals surface area contributed by atoms with Crippen molar-refractivity contribution >= 4 is 10.0 Å². The molecule has 2 aromatic rings. The van der Waals surface area contributed by atoms with Crippen molar-refractivity contribution in [3.8, 4) is 0 Å². The largest absolute Gasteiger partial charge is 0.316 e. The van der Waals surface area contributed by atoms with Crippen LogP contribution < -0.4 is 10.0 Å². The van der Waals surface area contributed by atoms with Crippen molar-refractivity contribution in [1.82, 2.24) is 25.2 Å². The lowest BCUT2D eigenvalue weighted by atomic mass is 10.2. The molecular weight excluding hydrogens is 297 g/mol. The second-order valence-electron chi connectivity index (χ2n) is 4.38. The molecule has 1 heterocycles. The molecule has 0 atom stereocenters. The minimum atomic E-state index is -3.90. The fourth-order valence-corrected chi connectivity index (χ4v) is 2.96. The topological polar surface area (TPSA) is 99.8 Å². The third-order valence-electron chi connectivity index (χ3n) is 2.78. The van der Waals surface area contributed by atoms with E-state index in [4.69, 9.17) is 0 Å². The highest BCUT2D eigenvalue weighted by Crippen LogP contribution is 2.16. The summed E-state index contributed by atoms with van der Waals surface area (Å²) in [7, 11) is -2.17. The molecule has 0 aliphatic carbocycles. The number of rotatable bonds is 7. The average molecular weight is 313 g/mol. The van der Waals surface area contributed by atoms with Gasteiger partial charge in [0.15, 0.2) is 0 Å². The van der Waals surface area contributed by atoms with Crippen LogP contribution in [0.2, 0.25) is 0 Å². The highest BCUT2D eigenvalue weighted by molar-refractivity contribution is 7.89. The van der Waals surface area contributed by atoms with E-state index >= 15 is 0 Å². The Hall–Kier alpha value is -1.84. The molecule has 21 heavy (non-hydrogen) atoms. The lowest BCUT2D eigenvalue weighted by molar-refractivity contribution is 0.555. The zero-order chi connectivity index (χ0) is 15.3. The molecule has 1 aromatic carbocycles. The minimum Gasteiger partial charge on any atom is -0.316 e. The average Bonchev–Trinajstić information content (AvgIpc) is 2.94. The van der Waals surface area contributed by atoms with E-state index in [0.29, 0.717) is 24.4 Å². The maximum Gasteiger partial charge on any atom is 0.243 e. The number of nitrogens with one attached hydrogen (secondary N) is 3. The van der Waals surface area contributed by atoms with E-state index in [9.17, 15) is 12.8 Å². The Morgan fingerprint density at radius 2 is 2.19 bits per heavy atom. The normalized spacial score (nSPS) is 11.7. The Bertz CT molecular complexity index is 688. The van der Waals surface area contributed by atoms with Crippen LogP contribution in [0.5, 0.6) is 0 Å². The Morgan fingerprint density at radius 1 is 1.38 bits per heavy atom. The zero-order valence-corrected chi connectivity index (χ0v) is 12.2. The van der Waals surface area contributed by atoms with Gasteiger partial charge in [-0.1, -0.05) is 6.07 Å². The number of benzene rings is 1. The molecule has 0 saturated heterocycles. The van der Waals surface area contributed by atoms with Crippen molar-refractivity contribution in [2.75, 3.05) is 13.6 Å². The van der Waals surface area contributed by atoms with Crippen molar-refractivity contribution in [1.29, 1.82) is 0 Å². The maximum atomic E-state index is 13.7. The summed E-state index contributed by atoms with van der Waals surface area (Å²) < 4.78 is 40.3. The van der Waals surface area contributed by atoms with Crippen LogP contribution in [0.4, 0.5) is 4.39 Å². The summed E-state index contributed by atoms with van der Waals surface area (Å²) in [6, 6.07) is 4.01. The van der Waals surface area contributed by atoms with Crippen molar-refractivity contribution in [2.45, 2.75) is 17.9 Å². The zero-order valence-electron chi connectivity index (χ0n) is 11.4. The fourth-order valence-electron chi connectivity index (χ4n) is 1.80. The quantitative estimate of drug-likeness (QED) is 0.677. The molecule has 0 unspecified atom stereocenters. The molecular formula is C12H16FN5O2S. The first-order valence-electron chi connectivity index (χ1n) is 6.30. The van der Waals surface area contributed by atoms with Gasteiger partial charge in [-0.2, -0.15) is 5.10 Å². The van der Waals surface area contributed by atoms with Gasteiger partial charge in [-0.05, 0) is 24.7 Å². The van der Waals surface area contributed by atoms with Crippen LogP contribution in [0.3, 0.4) is 0 Å². The van der Waals surface area contributed by atoms with Crippen molar-refractivity contribution in [2.24, 2.45) is 0 Å². The molecule has 2 rings (SSSR count). The van der Waals surface area contributed by atoms with E-state index in [1.807, 2.05) is 0 Å². The molecule has 3 N–H and O–H groups in total. The summed E-state index contributed by atoms with van der Waals surface area (Å²) in [5.41, 5.74) is 0.689.